The van der Waals surface area contributed by atoms with Crippen molar-refractivity contribution in [3.8, 4) is 0 Å². The van der Waals surface area contributed by atoms with E-state index in [2.05, 4.69) is 34.6 Å². The van der Waals surface area contributed by atoms with Crippen molar-refractivity contribution in [1.29, 1.82) is 0 Å². The summed E-state index contributed by atoms with van der Waals surface area (Å²) >= 11 is 3.31. The SMILES string of the molecule is CC(C)(Cc1ccc(C(=O)OCCSC(C)(C)C)cc1)CC(c1ccc(SCCCS(=O)(=O)O)cc1)C(C)(C)O. The lowest BCUT2D eigenvalue weighted by atomic mass is 9.71. The van der Waals surface area contributed by atoms with Gasteiger partial charge >= 0.3 is 5.97 Å². The van der Waals surface area contributed by atoms with Crippen LogP contribution in [0.3, 0.4) is 0 Å². The predicted molar refractivity (Wildman–Crippen MR) is 168 cm³/mol. The van der Waals surface area contributed by atoms with Gasteiger partial charge in [0.15, 0.2) is 0 Å². The van der Waals surface area contributed by atoms with E-state index in [1.807, 2.05) is 62.4 Å². The molecule has 9 heteroatoms. The Balaban J connectivity index is 1.99. The van der Waals surface area contributed by atoms with Gasteiger partial charge in [0.25, 0.3) is 10.1 Å². The summed E-state index contributed by atoms with van der Waals surface area (Å²) in [6, 6.07) is 15.7. The molecular weight excluding hydrogens is 565 g/mol. The minimum atomic E-state index is -3.93. The van der Waals surface area contributed by atoms with E-state index in [0.717, 1.165) is 34.6 Å². The molecule has 0 heterocycles. The normalized spacial score (nSPS) is 13.7. The zero-order chi connectivity index (χ0) is 30.2. The molecule has 2 N–H and O–H groups in total. The predicted octanol–water partition coefficient (Wildman–Crippen LogP) is 7.26. The van der Waals surface area contributed by atoms with Gasteiger partial charge in [-0.25, -0.2) is 4.79 Å². The number of hydrogen-bond donors (Lipinski definition) is 2. The minimum absolute atomic E-state index is 0.0960. The van der Waals surface area contributed by atoms with Gasteiger partial charge < -0.3 is 9.84 Å². The van der Waals surface area contributed by atoms with E-state index in [4.69, 9.17) is 9.29 Å². The molecule has 2 aromatic rings. The van der Waals surface area contributed by atoms with Crippen molar-refractivity contribution in [3.05, 3.63) is 65.2 Å². The quantitative estimate of drug-likeness (QED) is 0.0941. The van der Waals surface area contributed by atoms with Crippen LogP contribution in [0.4, 0.5) is 0 Å². The van der Waals surface area contributed by atoms with Crippen molar-refractivity contribution in [2.45, 2.75) is 88.9 Å². The second-order valence-corrected chi connectivity index (χ2v) is 17.3. The first-order valence-corrected chi connectivity index (χ1v) is 17.2. The molecule has 2 aromatic carbocycles. The fourth-order valence-electron chi connectivity index (χ4n) is 4.50. The van der Waals surface area contributed by atoms with Crippen LogP contribution in [0.2, 0.25) is 0 Å². The number of thioether (sulfide) groups is 2. The van der Waals surface area contributed by atoms with Crippen LogP contribution in [-0.4, -0.2) is 58.3 Å². The Hall–Kier alpha value is -1.52. The number of carbonyl (C=O) groups is 1. The first kappa shape index (κ1) is 34.7. The molecule has 0 saturated carbocycles. The molecular formula is C31H46O6S3. The summed E-state index contributed by atoms with van der Waals surface area (Å²) < 4.78 is 36.3. The van der Waals surface area contributed by atoms with E-state index in [-0.39, 0.29) is 27.8 Å². The first-order valence-electron chi connectivity index (χ1n) is 13.6. The van der Waals surface area contributed by atoms with Gasteiger partial charge in [-0.15, -0.1) is 11.8 Å². The standard InChI is InChI=1S/C31H46O6S3/c1-29(2,3)39-19-17-37-28(32)25-11-9-23(10-12-25)21-30(4,5)22-27(31(6,7)33)24-13-15-26(16-14-24)38-18-8-20-40(34,35)36/h9-16,27,33H,8,17-22H2,1-7H3,(H,34,35,36). The number of benzene rings is 2. The smallest absolute Gasteiger partial charge is 0.338 e. The minimum Gasteiger partial charge on any atom is -0.461 e. The third-order valence-electron chi connectivity index (χ3n) is 6.43. The van der Waals surface area contributed by atoms with Crippen LogP contribution in [0.15, 0.2) is 53.4 Å². The van der Waals surface area contributed by atoms with Crippen molar-refractivity contribution < 1.29 is 27.6 Å². The van der Waals surface area contributed by atoms with E-state index in [1.54, 1.807) is 23.5 Å². The van der Waals surface area contributed by atoms with E-state index >= 15 is 0 Å². The van der Waals surface area contributed by atoms with Crippen molar-refractivity contribution >= 4 is 39.6 Å². The summed E-state index contributed by atoms with van der Waals surface area (Å²) in [4.78, 5) is 13.4. The van der Waals surface area contributed by atoms with Crippen LogP contribution in [0.5, 0.6) is 0 Å². The van der Waals surface area contributed by atoms with E-state index in [9.17, 15) is 18.3 Å². The molecule has 0 bridgehead atoms. The number of hydrogen-bond acceptors (Lipinski definition) is 7. The maximum absolute atomic E-state index is 12.4. The highest BCUT2D eigenvalue weighted by Gasteiger charge is 2.34. The number of aliphatic hydroxyl groups is 1. The highest BCUT2D eigenvalue weighted by atomic mass is 32.2. The van der Waals surface area contributed by atoms with Gasteiger partial charge in [-0.3, -0.25) is 4.55 Å². The van der Waals surface area contributed by atoms with Crippen LogP contribution < -0.4 is 0 Å². The summed E-state index contributed by atoms with van der Waals surface area (Å²) in [7, 11) is -3.93. The third kappa shape index (κ3) is 13.4. The number of rotatable bonds is 15. The van der Waals surface area contributed by atoms with Gasteiger partial charge in [-0.2, -0.15) is 20.2 Å². The topological polar surface area (TPSA) is 101 Å². The van der Waals surface area contributed by atoms with Crippen LogP contribution in [0, 0.1) is 5.41 Å². The Morgan fingerprint density at radius 3 is 2.05 bits per heavy atom. The van der Waals surface area contributed by atoms with Gasteiger partial charge in [0, 0.05) is 21.3 Å². The lowest BCUT2D eigenvalue weighted by molar-refractivity contribution is 0.0324. The molecule has 0 aromatic heterocycles. The molecule has 6 nitrogen and oxygen atoms in total. The van der Waals surface area contributed by atoms with Gasteiger partial charge in [0.05, 0.1) is 16.9 Å². The zero-order valence-electron chi connectivity index (χ0n) is 24.9. The molecule has 40 heavy (non-hydrogen) atoms. The summed E-state index contributed by atoms with van der Waals surface area (Å²) in [6.45, 7) is 14.9. The number of esters is 1. The molecule has 224 valence electrons. The van der Waals surface area contributed by atoms with E-state index < -0.39 is 15.7 Å². The molecule has 0 aliphatic heterocycles. The zero-order valence-corrected chi connectivity index (χ0v) is 27.3. The summed E-state index contributed by atoms with van der Waals surface area (Å²) in [5, 5.41) is 11.1. The monoisotopic (exact) mass is 610 g/mol. The van der Waals surface area contributed by atoms with Crippen molar-refractivity contribution in [2.75, 3.05) is 23.9 Å². The molecule has 1 atom stereocenters. The first-order chi connectivity index (χ1) is 18.3. The molecule has 0 spiro atoms. The fraction of sp³-hybridized carbons (Fsp3) is 0.581. The Kier molecular flexibility index (Phi) is 12.6. The summed E-state index contributed by atoms with van der Waals surface area (Å²) in [5.41, 5.74) is 1.66. The van der Waals surface area contributed by atoms with Crippen LogP contribution in [0.1, 0.15) is 88.7 Å². The molecule has 0 saturated heterocycles. The number of ether oxygens (including phenoxy) is 1. The maximum atomic E-state index is 12.4. The lowest BCUT2D eigenvalue weighted by Crippen LogP contribution is -2.33. The molecule has 0 radical (unpaired) electrons. The molecule has 2 rings (SSSR count). The molecule has 0 fully saturated rings. The Bertz CT molecular complexity index is 1180. The highest BCUT2D eigenvalue weighted by Crippen LogP contribution is 2.41. The fourth-order valence-corrected chi connectivity index (χ4v) is 6.83. The lowest BCUT2D eigenvalue weighted by Gasteiger charge is -2.37. The van der Waals surface area contributed by atoms with Crippen LogP contribution >= 0.6 is 23.5 Å². The second kappa shape index (κ2) is 14.6. The molecule has 0 aliphatic rings. The molecule has 0 aliphatic carbocycles. The Morgan fingerprint density at radius 1 is 0.925 bits per heavy atom. The summed E-state index contributed by atoms with van der Waals surface area (Å²) in [5.74, 6) is 0.720. The molecule has 0 amide bonds. The van der Waals surface area contributed by atoms with Crippen molar-refractivity contribution in [2.24, 2.45) is 5.41 Å². The number of carbonyl (C=O) groups excluding carboxylic acids is 1. The van der Waals surface area contributed by atoms with E-state index in [1.165, 1.54) is 0 Å². The van der Waals surface area contributed by atoms with Crippen LogP contribution in [-0.2, 0) is 21.3 Å². The van der Waals surface area contributed by atoms with Crippen molar-refractivity contribution in [1.82, 2.24) is 0 Å². The maximum Gasteiger partial charge on any atom is 0.338 e. The van der Waals surface area contributed by atoms with Gasteiger partial charge in [0.1, 0.15) is 6.61 Å². The largest absolute Gasteiger partial charge is 0.461 e. The van der Waals surface area contributed by atoms with Gasteiger partial charge in [-0.05, 0) is 79.7 Å². The summed E-state index contributed by atoms with van der Waals surface area (Å²) in [6.07, 6.45) is 1.93. The second-order valence-electron chi connectivity index (χ2n) is 12.6. The Morgan fingerprint density at radius 2 is 1.52 bits per heavy atom. The van der Waals surface area contributed by atoms with Crippen LogP contribution in [0.25, 0.3) is 0 Å². The highest BCUT2D eigenvalue weighted by molar-refractivity contribution is 8.00. The molecule has 1 unspecified atom stereocenters. The van der Waals surface area contributed by atoms with Gasteiger partial charge in [-0.1, -0.05) is 58.9 Å². The Labute approximate surface area is 249 Å². The average molecular weight is 611 g/mol. The third-order valence-corrected chi connectivity index (χ3v) is 9.57. The van der Waals surface area contributed by atoms with E-state index in [0.29, 0.717) is 24.3 Å². The van der Waals surface area contributed by atoms with Crippen molar-refractivity contribution in [3.63, 3.8) is 0 Å². The van der Waals surface area contributed by atoms with Gasteiger partial charge in [0.2, 0.25) is 0 Å². The average Bonchev–Trinajstić information content (AvgIpc) is 2.82.